The van der Waals surface area contributed by atoms with Crippen molar-refractivity contribution in [1.29, 1.82) is 0 Å². The smallest absolute Gasteiger partial charge is 0.0523 e. The summed E-state index contributed by atoms with van der Waals surface area (Å²) in [6, 6.07) is 8.70. The van der Waals surface area contributed by atoms with Crippen LogP contribution >= 0.6 is 11.3 Å². The summed E-state index contributed by atoms with van der Waals surface area (Å²) in [5, 5.41) is 3.76. The van der Waals surface area contributed by atoms with Gasteiger partial charge in [0.15, 0.2) is 0 Å². The van der Waals surface area contributed by atoms with Gasteiger partial charge in [0.1, 0.15) is 0 Å². The number of thiophene rings is 1. The van der Waals surface area contributed by atoms with Gasteiger partial charge in [-0.25, -0.2) is 0 Å². The fraction of sp³-hybridized carbons (Fsp3) is 0.471. The van der Waals surface area contributed by atoms with Gasteiger partial charge in [-0.15, -0.1) is 11.3 Å². The minimum atomic E-state index is 0.815. The molecule has 0 fully saturated rings. The zero-order valence-corrected chi connectivity index (χ0v) is 12.8. The van der Waals surface area contributed by atoms with E-state index in [1.54, 1.807) is 0 Å². The molecular weight excluding hydrogens is 252 g/mol. The first-order valence-electron chi connectivity index (χ1n) is 7.09. The molecule has 103 valence electrons. The van der Waals surface area contributed by atoms with Gasteiger partial charge in [-0.3, -0.25) is 0 Å². The van der Waals surface area contributed by atoms with Crippen LogP contribution in [0.5, 0.6) is 0 Å². The highest BCUT2D eigenvalue weighted by molar-refractivity contribution is 7.17. The molecule has 0 spiro atoms. The fourth-order valence-corrected chi connectivity index (χ4v) is 3.20. The van der Waals surface area contributed by atoms with Crippen LogP contribution in [0.3, 0.4) is 0 Å². The molecular formula is C17H23OS. The van der Waals surface area contributed by atoms with Gasteiger partial charge in [0, 0.05) is 11.3 Å². The summed E-state index contributed by atoms with van der Waals surface area (Å²) in [6.45, 7) is 5.94. The van der Waals surface area contributed by atoms with Crippen molar-refractivity contribution < 1.29 is 4.74 Å². The maximum absolute atomic E-state index is 5.57. The van der Waals surface area contributed by atoms with Crippen molar-refractivity contribution in [2.24, 2.45) is 0 Å². The van der Waals surface area contributed by atoms with Crippen LogP contribution in [0.2, 0.25) is 0 Å². The quantitative estimate of drug-likeness (QED) is 0.598. The molecule has 1 nitrogen and oxygen atoms in total. The van der Waals surface area contributed by atoms with Crippen molar-refractivity contribution in [2.75, 3.05) is 13.2 Å². The van der Waals surface area contributed by atoms with E-state index in [2.05, 4.69) is 43.5 Å². The Hall–Kier alpha value is -0.860. The first kappa shape index (κ1) is 14.5. The largest absolute Gasteiger partial charge is 0.381 e. The SMILES string of the molecule is C[C](C)COCCCCCc1csc2ccccc12. The Bertz CT molecular complexity index is 487. The highest BCUT2D eigenvalue weighted by Crippen LogP contribution is 2.26. The van der Waals surface area contributed by atoms with Crippen molar-refractivity contribution in [3.63, 3.8) is 0 Å². The molecule has 1 aromatic heterocycles. The van der Waals surface area contributed by atoms with Crippen LogP contribution in [-0.2, 0) is 11.2 Å². The molecule has 2 aromatic rings. The normalized spacial score (nSPS) is 11.5. The van der Waals surface area contributed by atoms with Gasteiger partial charge in [0.25, 0.3) is 0 Å². The molecule has 2 heteroatoms. The molecule has 1 heterocycles. The van der Waals surface area contributed by atoms with Gasteiger partial charge in [-0.05, 0) is 47.6 Å². The number of hydrogen-bond acceptors (Lipinski definition) is 2. The average Bonchev–Trinajstić information content (AvgIpc) is 2.81. The Morgan fingerprint density at radius 2 is 1.95 bits per heavy atom. The molecule has 0 unspecified atom stereocenters. The Morgan fingerprint density at radius 1 is 1.11 bits per heavy atom. The highest BCUT2D eigenvalue weighted by Gasteiger charge is 2.02. The van der Waals surface area contributed by atoms with Gasteiger partial charge >= 0.3 is 0 Å². The molecule has 0 aliphatic rings. The minimum absolute atomic E-state index is 0.815. The standard InChI is InChI=1S/C17H23OS/c1-14(2)12-18-11-7-3-4-8-15-13-19-17-10-6-5-9-16(15)17/h5-6,9-10,13H,3-4,7-8,11-12H2,1-2H3. The first-order valence-corrected chi connectivity index (χ1v) is 7.97. The molecule has 19 heavy (non-hydrogen) atoms. The van der Waals surface area contributed by atoms with Gasteiger partial charge in [-0.1, -0.05) is 38.5 Å². The number of aryl methyl sites for hydroxylation is 1. The van der Waals surface area contributed by atoms with Gasteiger partial charge in [0.05, 0.1) is 6.61 Å². The number of ether oxygens (including phenoxy) is 1. The molecule has 2 rings (SSSR count). The molecule has 0 N–H and O–H groups in total. The molecule has 0 saturated carbocycles. The Balaban J connectivity index is 1.66. The predicted octanol–water partition coefficient (Wildman–Crippen LogP) is 5.24. The van der Waals surface area contributed by atoms with E-state index < -0.39 is 0 Å². The Kier molecular flexibility index (Phi) is 5.87. The molecule has 0 saturated heterocycles. The lowest BCUT2D eigenvalue weighted by Gasteiger charge is -2.06. The van der Waals surface area contributed by atoms with Crippen LogP contribution in [0.15, 0.2) is 29.6 Å². The highest BCUT2D eigenvalue weighted by atomic mass is 32.1. The molecule has 0 aliphatic heterocycles. The number of fused-ring (bicyclic) bond motifs is 1. The van der Waals surface area contributed by atoms with E-state index in [1.165, 1.54) is 47.3 Å². The van der Waals surface area contributed by atoms with E-state index in [9.17, 15) is 0 Å². The summed E-state index contributed by atoms with van der Waals surface area (Å²) in [5.74, 6) is 1.35. The number of benzene rings is 1. The third-order valence-electron chi connectivity index (χ3n) is 3.19. The molecule has 1 aromatic carbocycles. The summed E-state index contributed by atoms with van der Waals surface area (Å²) in [7, 11) is 0. The average molecular weight is 275 g/mol. The second-order valence-corrected chi connectivity index (χ2v) is 6.24. The molecule has 0 bridgehead atoms. The monoisotopic (exact) mass is 275 g/mol. The summed E-state index contributed by atoms with van der Waals surface area (Å²) in [5.41, 5.74) is 1.51. The predicted molar refractivity (Wildman–Crippen MR) is 84.8 cm³/mol. The number of unbranched alkanes of at least 4 members (excludes halogenated alkanes) is 2. The summed E-state index contributed by atoms with van der Waals surface area (Å²) < 4.78 is 6.98. The summed E-state index contributed by atoms with van der Waals surface area (Å²) in [4.78, 5) is 0. The minimum Gasteiger partial charge on any atom is -0.381 e. The number of hydrogen-bond donors (Lipinski definition) is 0. The summed E-state index contributed by atoms with van der Waals surface area (Å²) in [6.07, 6.45) is 4.89. The van der Waals surface area contributed by atoms with Crippen LogP contribution in [-0.4, -0.2) is 13.2 Å². The van der Waals surface area contributed by atoms with E-state index in [4.69, 9.17) is 4.74 Å². The van der Waals surface area contributed by atoms with E-state index >= 15 is 0 Å². The van der Waals surface area contributed by atoms with E-state index in [0.29, 0.717) is 0 Å². The number of rotatable bonds is 8. The van der Waals surface area contributed by atoms with E-state index in [0.717, 1.165) is 13.2 Å². The maximum atomic E-state index is 5.57. The lowest BCUT2D eigenvalue weighted by atomic mass is 10.1. The lowest BCUT2D eigenvalue weighted by molar-refractivity contribution is 0.140. The topological polar surface area (TPSA) is 9.23 Å². The summed E-state index contributed by atoms with van der Waals surface area (Å²) >= 11 is 1.86. The first-order chi connectivity index (χ1) is 9.27. The van der Waals surface area contributed by atoms with Crippen LogP contribution in [0.4, 0.5) is 0 Å². The fourth-order valence-electron chi connectivity index (χ4n) is 2.20. The Morgan fingerprint density at radius 3 is 2.79 bits per heavy atom. The van der Waals surface area contributed by atoms with Crippen molar-refractivity contribution in [3.8, 4) is 0 Å². The second-order valence-electron chi connectivity index (χ2n) is 5.33. The third kappa shape index (κ3) is 4.63. The van der Waals surface area contributed by atoms with Crippen molar-refractivity contribution >= 4 is 21.4 Å². The van der Waals surface area contributed by atoms with Crippen molar-refractivity contribution in [2.45, 2.75) is 39.5 Å². The van der Waals surface area contributed by atoms with Gasteiger partial charge < -0.3 is 4.74 Å². The van der Waals surface area contributed by atoms with Crippen LogP contribution < -0.4 is 0 Å². The van der Waals surface area contributed by atoms with Gasteiger partial charge in [-0.2, -0.15) is 0 Å². The van der Waals surface area contributed by atoms with Crippen LogP contribution in [0, 0.1) is 5.92 Å². The zero-order chi connectivity index (χ0) is 13.5. The molecule has 0 atom stereocenters. The maximum Gasteiger partial charge on any atom is 0.0523 e. The van der Waals surface area contributed by atoms with Crippen molar-refractivity contribution in [3.05, 3.63) is 41.1 Å². The molecule has 0 amide bonds. The van der Waals surface area contributed by atoms with E-state index in [-0.39, 0.29) is 0 Å². The zero-order valence-electron chi connectivity index (χ0n) is 11.9. The lowest BCUT2D eigenvalue weighted by Crippen LogP contribution is -2.01. The second kappa shape index (κ2) is 7.66. The third-order valence-corrected chi connectivity index (χ3v) is 4.20. The molecule has 1 radical (unpaired) electrons. The van der Waals surface area contributed by atoms with Gasteiger partial charge in [0.2, 0.25) is 0 Å². The molecule has 0 aliphatic carbocycles. The van der Waals surface area contributed by atoms with E-state index in [1.807, 2.05) is 11.3 Å². The van der Waals surface area contributed by atoms with Crippen molar-refractivity contribution in [1.82, 2.24) is 0 Å². The van der Waals surface area contributed by atoms with Crippen LogP contribution in [0.25, 0.3) is 10.1 Å². The van der Waals surface area contributed by atoms with Crippen LogP contribution in [0.1, 0.15) is 38.7 Å². The Labute approximate surface area is 120 Å².